The van der Waals surface area contributed by atoms with Crippen LogP contribution in [0.15, 0.2) is 0 Å². The molecule has 1 amide bonds. The molecular weight excluding hydrogens is 296 g/mol. The van der Waals surface area contributed by atoms with Gasteiger partial charge in [0.05, 0.1) is 6.61 Å². The van der Waals surface area contributed by atoms with Crippen molar-refractivity contribution in [1.82, 2.24) is 9.03 Å². The van der Waals surface area contributed by atoms with Gasteiger partial charge in [-0.3, -0.25) is 9.59 Å². The van der Waals surface area contributed by atoms with E-state index in [1.54, 1.807) is 6.92 Å². The van der Waals surface area contributed by atoms with Crippen LogP contribution in [0, 0.1) is 5.92 Å². The van der Waals surface area contributed by atoms with Gasteiger partial charge in [0.2, 0.25) is 5.91 Å². The van der Waals surface area contributed by atoms with Crippen LogP contribution in [0.25, 0.3) is 0 Å². The second-order valence-electron chi connectivity index (χ2n) is 5.01. The zero-order chi connectivity index (χ0) is 16.0. The Morgan fingerprint density at radius 2 is 1.90 bits per heavy atom. The summed E-state index contributed by atoms with van der Waals surface area (Å²) in [5.74, 6) is -1.42. The topological polar surface area (TPSA) is 92.8 Å². The van der Waals surface area contributed by atoms with E-state index < -0.39 is 28.1 Å². The van der Waals surface area contributed by atoms with Crippen LogP contribution < -0.4 is 4.72 Å². The number of hydrogen-bond donors (Lipinski definition) is 1. The zero-order valence-corrected chi connectivity index (χ0v) is 13.6. The first-order valence-corrected chi connectivity index (χ1v) is 8.81. The summed E-state index contributed by atoms with van der Waals surface area (Å²) in [6.45, 7) is 5.74. The molecule has 0 aromatic rings. The van der Waals surface area contributed by atoms with E-state index in [1.165, 1.54) is 0 Å². The van der Waals surface area contributed by atoms with Crippen molar-refractivity contribution >= 4 is 22.1 Å². The molecule has 0 aliphatic carbocycles. The number of rotatable bonds is 7. The lowest BCUT2D eigenvalue weighted by atomic mass is 10.0. The van der Waals surface area contributed by atoms with Crippen LogP contribution in [0.2, 0.25) is 0 Å². The minimum Gasteiger partial charge on any atom is -0.465 e. The number of amides is 1. The molecule has 21 heavy (non-hydrogen) atoms. The summed E-state index contributed by atoms with van der Waals surface area (Å²) in [5.41, 5.74) is 0. The minimum atomic E-state index is -4.00. The second kappa shape index (κ2) is 7.74. The van der Waals surface area contributed by atoms with Crippen molar-refractivity contribution in [3.63, 3.8) is 0 Å². The Kier molecular flexibility index (Phi) is 6.60. The van der Waals surface area contributed by atoms with Gasteiger partial charge in [-0.1, -0.05) is 13.8 Å². The van der Waals surface area contributed by atoms with Gasteiger partial charge in [-0.05, 0) is 32.6 Å². The summed E-state index contributed by atoms with van der Waals surface area (Å²) in [7, 11) is -4.00. The standard InChI is InChI=1S/C13H24N2O5S/c1-4-10(5-2)12(16)14-21(18,19)15-9-7-8-11(15)13(17)20-6-3/h10-11H,4-9H2,1-3H3,(H,14,16). The van der Waals surface area contributed by atoms with E-state index in [0.29, 0.717) is 25.7 Å². The number of nitrogens with zero attached hydrogens (tertiary/aromatic N) is 1. The second-order valence-corrected chi connectivity index (χ2v) is 6.63. The molecule has 1 fully saturated rings. The number of hydrogen-bond acceptors (Lipinski definition) is 5. The molecule has 0 spiro atoms. The molecule has 1 aliphatic heterocycles. The Morgan fingerprint density at radius 1 is 1.29 bits per heavy atom. The molecule has 0 bridgehead atoms. The largest absolute Gasteiger partial charge is 0.465 e. The molecule has 1 unspecified atom stereocenters. The minimum absolute atomic E-state index is 0.198. The van der Waals surface area contributed by atoms with Crippen molar-refractivity contribution in [3.8, 4) is 0 Å². The van der Waals surface area contributed by atoms with Crippen molar-refractivity contribution in [1.29, 1.82) is 0 Å². The van der Waals surface area contributed by atoms with Gasteiger partial charge < -0.3 is 4.74 Å². The van der Waals surface area contributed by atoms with E-state index in [2.05, 4.69) is 4.72 Å². The monoisotopic (exact) mass is 320 g/mol. The van der Waals surface area contributed by atoms with Gasteiger partial charge >= 0.3 is 16.2 Å². The number of carbonyl (C=O) groups excluding carboxylic acids is 2. The summed E-state index contributed by atoms with van der Waals surface area (Å²) >= 11 is 0. The van der Waals surface area contributed by atoms with Crippen LogP contribution in [0.5, 0.6) is 0 Å². The zero-order valence-electron chi connectivity index (χ0n) is 12.8. The van der Waals surface area contributed by atoms with Crippen molar-refractivity contribution < 1.29 is 22.7 Å². The molecular formula is C13H24N2O5S. The molecule has 0 saturated carbocycles. The normalized spacial score (nSPS) is 19.7. The third-order valence-electron chi connectivity index (χ3n) is 3.66. The SMILES string of the molecule is CCOC(=O)C1CCCN1S(=O)(=O)NC(=O)C(CC)CC. The van der Waals surface area contributed by atoms with E-state index in [-0.39, 0.29) is 19.1 Å². The number of esters is 1. The van der Waals surface area contributed by atoms with E-state index in [1.807, 2.05) is 13.8 Å². The summed E-state index contributed by atoms with van der Waals surface area (Å²) in [5, 5.41) is 0. The van der Waals surface area contributed by atoms with Crippen molar-refractivity contribution in [3.05, 3.63) is 0 Å². The lowest BCUT2D eigenvalue weighted by Crippen LogP contribution is -2.49. The average molecular weight is 320 g/mol. The van der Waals surface area contributed by atoms with Crippen molar-refractivity contribution in [2.75, 3.05) is 13.2 Å². The first-order valence-electron chi connectivity index (χ1n) is 7.37. The third kappa shape index (κ3) is 4.41. The molecule has 7 nitrogen and oxygen atoms in total. The fourth-order valence-electron chi connectivity index (χ4n) is 2.43. The van der Waals surface area contributed by atoms with Crippen molar-refractivity contribution in [2.45, 2.75) is 52.5 Å². The number of ether oxygens (including phenoxy) is 1. The van der Waals surface area contributed by atoms with Crippen LogP contribution in [-0.4, -0.2) is 43.8 Å². The van der Waals surface area contributed by atoms with Crippen LogP contribution in [0.4, 0.5) is 0 Å². The fraction of sp³-hybridized carbons (Fsp3) is 0.846. The molecule has 1 saturated heterocycles. The summed E-state index contributed by atoms with van der Waals surface area (Å²) < 4.78 is 32.6. The highest BCUT2D eigenvalue weighted by Crippen LogP contribution is 2.22. The van der Waals surface area contributed by atoms with Gasteiger partial charge in [0, 0.05) is 12.5 Å². The molecule has 0 aromatic carbocycles. The first kappa shape index (κ1) is 17.9. The Labute approximate surface area is 126 Å². The van der Waals surface area contributed by atoms with Crippen LogP contribution >= 0.6 is 0 Å². The van der Waals surface area contributed by atoms with Gasteiger partial charge in [0.15, 0.2) is 0 Å². The molecule has 122 valence electrons. The van der Waals surface area contributed by atoms with Crippen LogP contribution in [-0.2, 0) is 24.5 Å². The van der Waals surface area contributed by atoms with E-state index in [0.717, 1.165) is 4.31 Å². The van der Waals surface area contributed by atoms with E-state index in [4.69, 9.17) is 4.74 Å². The predicted molar refractivity (Wildman–Crippen MR) is 77.5 cm³/mol. The summed E-state index contributed by atoms with van der Waals surface area (Å²) in [6, 6.07) is -0.836. The molecule has 1 heterocycles. The average Bonchev–Trinajstić information content (AvgIpc) is 2.90. The predicted octanol–water partition coefficient (Wildman–Crippen LogP) is 0.811. The molecule has 1 rings (SSSR count). The van der Waals surface area contributed by atoms with Gasteiger partial charge in [0.25, 0.3) is 0 Å². The first-order chi connectivity index (χ1) is 9.87. The molecule has 1 N–H and O–H groups in total. The number of carbonyl (C=O) groups is 2. The Bertz CT molecular complexity index is 473. The quantitative estimate of drug-likeness (QED) is 0.701. The van der Waals surface area contributed by atoms with Crippen LogP contribution in [0.1, 0.15) is 46.5 Å². The van der Waals surface area contributed by atoms with Gasteiger partial charge in [0.1, 0.15) is 6.04 Å². The highest BCUT2D eigenvalue weighted by atomic mass is 32.2. The molecule has 8 heteroatoms. The molecule has 0 aromatic heterocycles. The highest BCUT2D eigenvalue weighted by Gasteiger charge is 2.40. The third-order valence-corrected chi connectivity index (χ3v) is 5.17. The van der Waals surface area contributed by atoms with Gasteiger partial charge in [-0.2, -0.15) is 12.7 Å². The van der Waals surface area contributed by atoms with Gasteiger partial charge in [-0.25, -0.2) is 4.72 Å². The van der Waals surface area contributed by atoms with E-state index >= 15 is 0 Å². The molecule has 0 radical (unpaired) electrons. The molecule has 1 atom stereocenters. The highest BCUT2D eigenvalue weighted by molar-refractivity contribution is 7.87. The Morgan fingerprint density at radius 3 is 2.43 bits per heavy atom. The maximum atomic E-state index is 12.3. The van der Waals surface area contributed by atoms with Gasteiger partial charge in [-0.15, -0.1) is 0 Å². The Balaban J connectivity index is 2.81. The smallest absolute Gasteiger partial charge is 0.324 e. The lowest BCUT2D eigenvalue weighted by molar-refractivity contribution is -0.147. The summed E-state index contributed by atoms with van der Waals surface area (Å²) in [6.07, 6.45) is 2.13. The van der Waals surface area contributed by atoms with Crippen LogP contribution in [0.3, 0.4) is 0 Å². The fourth-order valence-corrected chi connectivity index (χ4v) is 3.86. The van der Waals surface area contributed by atoms with Crippen molar-refractivity contribution in [2.24, 2.45) is 5.92 Å². The Hall–Kier alpha value is -1.15. The summed E-state index contributed by atoms with van der Waals surface area (Å²) in [4.78, 5) is 23.7. The van der Waals surface area contributed by atoms with E-state index in [9.17, 15) is 18.0 Å². The maximum Gasteiger partial charge on any atom is 0.324 e. The number of nitrogens with one attached hydrogen (secondary N) is 1. The maximum absolute atomic E-state index is 12.3. The lowest BCUT2D eigenvalue weighted by Gasteiger charge is -2.23. The molecule has 1 aliphatic rings.